The monoisotopic (exact) mass is 303 g/mol. The number of hydrogen-bond donors (Lipinski definition) is 2. The fraction of sp³-hybridized carbons (Fsp3) is 0.125. The molecule has 0 bridgehead atoms. The lowest BCUT2D eigenvalue weighted by molar-refractivity contribution is 0.0691. The zero-order chi connectivity index (χ0) is 16.1. The van der Waals surface area contributed by atoms with Crippen molar-refractivity contribution in [2.75, 3.05) is 5.32 Å². The van der Waals surface area contributed by atoms with Crippen LogP contribution < -0.4 is 5.32 Å². The van der Waals surface area contributed by atoms with Crippen molar-refractivity contribution in [3.8, 4) is 0 Å². The molecule has 0 aliphatic carbocycles. The first-order valence-corrected chi connectivity index (χ1v) is 6.48. The highest BCUT2D eigenvalue weighted by molar-refractivity contribution is 5.91. The highest BCUT2D eigenvalue weighted by Gasteiger charge is 2.16. The fourth-order valence-corrected chi connectivity index (χ4v) is 1.96. The Balaban J connectivity index is 2.01. The number of carbonyl (C=O) groups excluding carboxylic acids is 1. The number of carbonyl (C=O) groups is 2. The van der Waals surface area contributed by atoms with E-state index in [-0.39, 0.29) is 17.9 Å². The molecule has 0 atom stereocenters. The van der Waals surface area contributed by atoms with Crippen molar-refractivity contribution in [2.24, 2.45) is 0 Å². The van der Waals surface area contributed by atoms with Gasteiger partial charge in [-0.2, -0.15) is 0 Å². The summed E-state index contributed by atoms with van der Waals surface area (Å²) in [5, 5.41) is 11.2. The van der Waals surface area contributed by atoms with Gasteiger partial charge in [-0.3, -0.25) is 5.32 Å². The summed E-state index contributed by atoms with van der Waals surface area (Å²) in [7, 11) is 0. The zero-order valence-electron chi connectivity index (χ0n) is 11.8. The molecule has 0 aromatic heterocycles. The molecule has 0 aliphatic rings. The molecule has 5 nitrogen and oxygen atoms in total. The van der Waals surface area contributed by atoms with Gasteiger partial charge >= 0.3 is 12.1 Å². The molecule has 114 valence electrons. The fourth-order valence-electron chi connectivity index (χ4n) is 1.96. The lowest BCUT2D eigenvalue weighted by atomic mass is 10.1. The quantitative estimate of drug-likeness (QED) is 0.905. The SMILES string of the molecule is Cc1cc(NC(=O)OCc2ccccc2)cc(F)c1C(=O)O. The van der Waals surface area contributed by atoms with Gasteiger partial charge in [0.05, 0.1) is 5.56 Å². The van der Waals surface area contributed by atoms with Crippen molar-refractivity contribution in [2.45, 2.75) is 13.5 Å². The summed E-state index contributed by atoms with van der Waals surface area (Å²) < 4.78 is 18.7. The van der Waals surface area contributed by atoms with Crippen molar-refractivity contribution >= 4 is 17.7 Å². The smallest absolute Gasteiger partial charge is 0.411 e. The number of rotatable bonds is 4. The van der Waals surface area contributed by atoms with E-state index in [2.05, 4.69) is 5.32 Å². The number of anilines is 1. The molecule has 0 saturated carbocycles. The van der Waals surface area contributed by atoms with E-state index in [4.69, 9.17) is 9.84 Å². The average Bonchev–Trinajstić information content (AvgIpc) is 2.45. The van der Waals surface area contributed by atoms with Crippen LogP contribution in [-0.4, -0.2) is 17.2 Å². The number of halogens is 1. The molecule has 2 aromatic carbocycles. The van der Waals surface area contributed by atoms with Gasteiger partial charge in [0, 0.05) is 5.69 Å². The van der Waals surface area contributed by atoms with Crippen LogP contribution in [0, 0.1) is 12.7 Å². The molecule has 0 unspecified atom stereocenters. The molecule has 0 heterocycles. The molecule has 2 aromatic rings. The largest absolute Gasteiger partial charge is 0.478 e. The van der Waals surface area contributed by atoms with E-state index in [0.717, 1.165) is 11.6 Å². The predicted molar refractivity (Wildman–Crippen MR) is 78.3 cm³/mol. The van der Waals surface area contributed by atoms with Gasteiger partial charge in [0.15, 0.2) is 0 Å². The van der Waals surface area contributed by atoms with Gasteiger partial charge in [-0.1, -0.05) is 30.3 Å². The number of carboxylic acids is 1. The number of benzene rings is 2. The van der Waals surface area contributed by atoms with E-state index in [9.17, 15) is 14.0 Å². The number of aromatic carboxylic acids is 1. The van der Waals surface area contributed by atoms with Crippen LogP contribution in [0.3, 0.4) is 0 Å². The summed E-state index contributed by atoms with van der Waals surface area (Å²) >= 11 is 0. The maximum absolute atomic E-state index is 13.7. The molecule has 0 aliphatic heterocycles. The van der Waals surface area contributed by atoms with Gasteiger partial charge in [-0.15, -0.1) is 0 Å². The highest BCUT2D eigenvalue weighted by Crippen LogP contribution is 2.19. The van der Waals surface area contributed by atoms with Gasteiger partial charge in [0.1, 0.15) is 12.4 Å². The van der Waals surface area contributed by atoms with Crippen molar-refractivity contribution in [1.29, 1.82) is 0 Å². The number of ether oxygens (including phenoxy) is 1. The Labute approximate surface area is 126 Å². The van der Waals surface area contributed by atoms with Crippen LogP contribution in [0.5, 0.6) is 0 Å². The van der Waals surface area contributed by atoms with Crippen LogP contribution in [0.2, 0.25) is 0 Å². The van der Waals surface area contributed by atoms with Gasteiger partial charge in [-0.05, 0) is 30.2 Å². The Morgan fingerprint density at radius 2 is 1.91 bits per heavy atom. The van der Waals surface area contributed by atoms with Crippen molar-refractivity contribution in [3.63, 3.8) is 0 Å². The molecule has 22 heavy (non-hydrogen) atoms. The first-order chi connectivity index (χ1) is 10.5. The number of hydrogen-bond acceptors (Lipinski definition) is 3. The number of nitrogens with one attached hydrogen (secondary N) is 1. The minimum absolute atomic E-state index is 0.0847. The van der Waals surface area contributed by atoms with Crippen LogP contribution >= 0.6 is 0 Å². The molecule has 0 saturated heterocycles. The Morgan fingerprint density at radius 3 is 2.50 bits per heavy atom. The molecule has 0 fully saturated rings. The average molecular weight is 303 g/mol. The van der Waals surface area contributed by atoms with Crippen LogP contribution in [-0.2, 0) is 11.3 Å². The van der Waals surface area contributed by atoms with E-state index in [1.165, 1.54) is 13.0 Å². The van der Waals surface area contributed by atoms with E-state index in [1.54, 1.807) is 12.1 Å². The molecule has 6 heteroatoms. The summed E-state index contributed by atoms with van der Waals surface area (Å²) in [6.07, 6.45) is -0.745. The second-order valence-corrected chi connectivity index (χ2v) is 4.64. The van der Waals surface area contributed by atoms with Crippen LogP contribution in [0.1, 0.15) is 21.5 Å². The normalized spacial score (nSPS) is 10.1. The number of amides is 1. The predicted octanol–water partition coefficient (Wildman–Crippen LogP) is 3.58. The molecule has 0 radical (unpaired) electrons. The maximum atomic E-state index is 13.7. The maximum Gasteiger partial charge on any atom is 0.411 e. The second-order valence-electron chi connectivity index (χ2n) is 4.64. The highest BCUT2D eigenvalue weighted by atomic mass is 19.1. The summed E-state index contributed by atoms with van der Waals surface area (Å²) in [5.74, 6) is -2.26. The summed E-state index contributed by atoms with van der Waals surface area (Å²) in [4.78, 5) is 22.5. The van der Waals surface area contributed by atoms with Gasteiger partial charge in [0.25, 0.3) is 0 Å². The molecule has 2 rings (SSSR count). The Morgan fingerprint density at radius 1 is 1.23 bits per heavy atom. The van der Waals surface area contributed by atoms with E-state index >= 15 is 0 Å². The first kappa shape index (κ1) is 15.5. The third-order valence-corrected chi connectivity index (χ3v) is 2.96. The zero-order valence-corrected chi connectivity index (χ0v) is 11.8. The minimum atomic E-state index is -1.35. The second kappa shape index (κ2) is 6.71. The summed E-state index contributed by atoms with van der Waals surface area (Å²) in [6, 6.07) is 11.4. The summed E-state index contributed by atoms with van der Waals surface area (Å²) in [6.45, 7) is 1.54. The van der Waals surface area contributed by atoms with Crippen molar-refractivity contribution < 1.29 is 23.8 Å². The van der Waals surface area contributed by atoms with E-state index in [0.29, 0.717) is 0 Å². The minimum Gasteiger partial charge on any atom is -0.478 e. The molecule has 1 amide bonds. The molecular formula is C16H14FNO4. The van der Waals surface area contributed by atoms with Crippen LogP contribution in [0.4, 0.5) is 14.9 Å². The first-order valence-electron chi connectivity index (χ1n) is 6.48. The standard InChI is InChI=1S/C16H14FNO4/c1-10-7-12(8-13(17)14(10)15(19)20)18-16(21)22-9-11-5-3-2-4-6-11/h2-8H,9H2,1H3,(H,18,21)(H,19,20). The molecule has 2 N–H and O–H groups in total. The van der Waals surface area contributed by atoms with Crippen LogP contribution in [0.15, 0.2) is 42.5 Å². The van der Waals surface area contributed by atoms with Gasteiger partial charge < -0.3 is 9.84 Å². The van der Waals surface area contributed by atoms with Crippen LogP contribution in [0.25, 0.3) is 0 Å². The van der Waals surface area contributed by atoms with Crippen molar-refractivity contribution in [3.05, 3.63) is 65.0 Å². The van der Waals surface area contributed by atoms with Gasteiger partial charge in [0.2, 0.25) is 0 Å². The Bertz CT molecular complexity index is 678. The molecular weight excluding hydrogens is 289 g/mol. The molecule has 0 spiro atoms. The van der Waals surface area contributed by atoms with E-state index in [1.807, 2.05) is 18.2 Å². The lowest BCUT2D eigenvalue weighted by Crippen LogP contribution is -2.14. The van der Waals surface area contributed by atoms with E-state index < -0.39 is 23.4 Å². The lowest BCUT2D eigenvalue weighted by Gasteiger charge is -2.09. The third-order valence-electron chi connectivity index (χ3n) is 2.96. The number of carboxylic acid groups (broad SMARTS) is 1. The summed E-state index contributed by atoms with van der Waals surface area (Å²) in [5.41, 5.74) is 0.758. The van der Waals surface area contributed by atoms with Gasteiger partial charge in [-0.25, -0.2) is 14.0 Å². The number of aryl methyl sites for hydroxylation is 1. The topological polar surface area (TPSA) is 75.6 Å². The van der Waals surface area contributed by atoms with Crippen molar-refractivity contribution in [1.82, 2.24) is 0 Å². The third kappa shape index (κ3) is 3.82. The Hall–Kier alpha value is -2.89. The Kier molecular flexibility index (Phi) is 4.73.